The number of nitro groups is 1. The molecule has 0 radical (unpaired) electrons. The third-order valence-electron chi connectivity index (χ3n) is 3.48. The summed E-state index contributed by atoms with van der Waals surface area (Å²) in [6.07, 6.45) is 1.63. The Bertz CT molecular complexity index is 860. The molecule has 1 aromatic heterocycles. The normalized spacial score (nSPS) is 12.3. The summed E-state index contributed by atoms with van der Waals surface area (Å²) >= 11 is 0. The van der Waals surface area contributed by atoms with Gasteiger partial charge in [-0.2, -0.15) is 5.26 Å². The van der Waals surface area contributed by atoms with Crippen LogP contribution in [-0.4, -0.2) is 17.0 Å². The van der Waals surface area contributed by atoms with Crippen molar-refractivity contribution in [1.82, 2.24) is 0 Å². The lowest BCUT2D eigenvalue weighted by Crippen LogP contribution is -2.15. The molecular formula is C18H16N2O5. The lowest BCUT2D eigenvalue weighted by atomic mass is 10.1. The van der Waals surface area contributed by atoms with Crippen LogP contribution in [0.5, 0.6) is 0 Å². The van der Waals surface area contributed by atoms with Gasteiger partial charge in [-0.15, -0.1) is 0 Å². The van der Waals surface area contributed by atoms with E-state index in [-0.39, 0.29) is 23.1 Å². The highest BCUT2D eigenvalue weighted by atomic mass is 16.6. The van der Waals surface area contributed by atoms with E-state index < -0.39 is 10.9 Å². The van der Waals surface area contributed by atoms with Crippen LogP contribution in [0.4, 0.5) is 5.69 Å². The Balaban J connectivity index is 2.25. The second kappa shape index (κ2) is 7.93. The highest BCUT2D eigenvalue weighted by Gasteiger charge is 2.15. The van der Waals surface area contributed by atoms with E-state index in [2.05, 4.69) is 0 Å². The van der Waals surface area contributed by atoms with E-state index in [0.29, 0.717) is 17.7 Å². The molecule has 0 saturated heterocycles. The predicted molar refractivity (Wildman–Crippen MR) is 90.2 cm³/mol. The molecule has 25 heavy (non-hydrogen) atoms. The number of non-ortho nitro benzene ring substituents is 1. The Hall–Kier alpha value is -3.40. The number of nitro benzene ring substituents is 1. The number of ether oxygens (including phenoxy) is 1. The van der Waals surface area contributed by atoms with Gasteiger partial charge in [0, 0.05) is 23.8 Å². The molecular weight excluding hydrogens is 324 g/mol. The van der Waals surface area contributed by atoms with Crippen LogP contribution in [0.25, 0.3) is 17.4 Å². The van der Waals surface area contributed by atoms with Crippen molar-refractivity contribution >= 4 is 17.7 Å². The molecule has 0 amide bonds. The van der Waals surface area contributed by atoms with Crippen LogP contribution in [0.15, 0.2) is 46.4 Å². The van der Waals surface area contributed by atoms with Gasteiger partial charge in [0.05, 0.1) is 11.0 Å². The molecule has 0 fully saturated rings. The van der Waals surface area contributed by atoms with Crippen molar-refractivity contribution in [2.75, 3.05) is 0 Å². The van der Waals surface area contributed by atoms with Crippen LogP contribution in [0.2, 0.25) is 0 Å². The number of carbonyl (C=O) groups is 1. The number of benzene rings is 1. The first-order valence-corrected chi connectivity index (χ1v) is 7.62. The molecule has 0 bridgehead atoms. The number of hydrogen-bond donors (Lipinski definition) is 0. The Morgan fingerprint density at radius 3 is 2.84 bits per heavy atom. The average molecular weight is 340 g/mol. The van der Waals surface area contributed by atoms with Crippen molar-refractivity contribution in [1.29, 1.82) is 5.26 Å². The lowest BCUT2D eigenvalue weighted by Gasteiger charge is -2.09. The Morgan fingerprint density at radius 1 is 1.44 bits per heavy atom. The number of esters is 1. The number of hydrogen-bond acceptors (Lipinski definition) is 6. The molecule has 7 nitrogen and oxygen atoms in total. The van der Waals surface area contributed by atoms with Gasteiger partial charge in [-0.3, -0.25) is 10.1 Å². The largest absolute Gasteiger partial charge is 0.459 e. The third kappa shape index (κ3) is 4.54. The zero-order valence-corrected chi connectivity index (χ0v) is 13.8. The first-order chi connectivity index (χ1) is 11.9. The zero-order valence-electron chi connectivity index (χ0n) is 13.8. The smallest absolute Gasteiger partial charge is 0.349 e. The van der Waals surface area contributed by atoms with Gasteiger partial charge < -0.3 is 9.15 Å². The number of nitriles is 1. The SMILES string of the molecule is CC[C@H](C)OC(=O)/C(C#N)=C/c1ccc(-c2cccc([N+](=O)[O-])c2)o1. The monoisotopic (exact) mass is 340 g/mol. The van der Waals surface area contributed by atoms with Gasteiger partial charge in [0.25, 0.3) is 5.69 Å². The Labute approximate surface area is 144 Å². The molecule has 2 aromatic rings. The first kappa shape index (κ1) is 17.9. The quantitative estimate of drug-likeness (QED) is 0.257. The summed E-state index contributed by atoms with van der Waals surface area (Å²) in [6.45, 7) is 3.60. The molecule has 1 aromatic carbocycles. The number of nitrogens with zero attached hydrogens (tertiary/aromatic N) is 2. The molecule has 0 spiro atoms. The molecule has 0 N–H and O–H groups in total. The van der Waals surface area contributed by atoms with E-state index in [9.17, 15) is 14.9 Å². The molecule has 128 valence electrons. The first-order valence-electron chi connectivity index (χ1n) is 7.62. The van der Waals surface area contributed by atoms with Crippen LogP contribution in [-0.2, 0) is 9.53 Å². The summed E-state index contributed by atoms with van der Waals surface area (Å²) in [5, 5.41) is 20.0. The van der Waals surface area contributed by atoms with Crippen LogP contribution in [0.1, 0.15) is 26.0 Å². The minimum atomic E-state index is -0.717. The maximum atomic E-state index is 11.9. The van der Waals surface area contributed by atoms with E-state index >= 15 is 0 Å². The minimum Gasteiger partial charge on any atom is -0.459 e. The summed E-state index contributed by atoms with van der Waals surface area (Å²) < 4.78 is 10.7. The van der Waals surface area contributed by atoms with Crippen LogP contribution < -0.4 is 0 Å². The molecule has 2 rings (SSSR count). The summed E-state index contributed by atoms with van der Waals surface area (Å²) in [6, 6.07) is 11.0. The summed E-state index contributed by atoms with van der Waals surface area (Å²) in [5.74, 6) is -0.0492. The second-order valence-electron chi connectivity index (χ2n) is 5.30. The molecule has 1 heterocycles. The summed E-state index contributed by atoms with van der Waals surface area (Å²) in [5.41, 5.74) is 0.288. The number of carbonyl (C=O) groups excluding carboxylic acids is 1. The topological polar surface area (TPSA) is 106 Å². The minimum absolute atomic E-state index is 0.0548. The Kier molecular flexibility index (Phi) is 5.69. The lowest BCUT2D eigenvalue weighted by molar-refractivity contribution is -0.384. The molecule has 0 saturated carbocycles. The van der Waals surface area contributed by atoms with Gasteiger partial charge in [0.15, 0.2) is 0 Å². The standard InChI is InChI=1S/C18H16N2O5/c1-3-12(2)24-18(21)14(11-19)10-16-7-8-17(25-16)13-5-4-6-15(9-13)20(22)23/h4-10,12H,3H2,1-2H3/b14-10+/t12-/m0/s1. The molecule has 1 atom stereocenters. The van der Waals surface area contributed by atoms with Crippen molar-refractivity contribution in [2.45, 2.75) is 26.4 Å². The summed E-state index contributed by atoms with van der Waals surface area (Å²) in [7, 11) is 0. The van der Waals surface area contributed by atoms with Gasteiger partial charge in [0.2, 0.25) is 0 Å². The molecule has 7 heteroatoms. The fourth-order valence-electron chi connectivity index (χ4n) is 1.97. The molecule has 0 unspecified atom stereocenters. The zero-order chi connectivity index (χ0) is 18.4. The van der Waals surface area contributed by atoms with E-state index in [1.807, 2.05) is 6.92 Å². The van der Waals surface area contributed by atoms with E-state index in [1.54, 1.807) is 37.3 Å². The molecule has 0 aliphatic rings. The Morgan fingerprint density at radius 2 is 2.20 bits per heavy atom. The van der Waals surface area contributed by atoms with Crippen molar-refractivity contribution in [3.8, 4) is 17.4 Å². The average Bonchev–Trinajstić information content (AvgIpc) is 3.08. The van der Waals surface area contributed by atoms with Crippen molar-refractivity contribution in [2.24, 2.45) is 0 Å². The van der Waals surface area contributed by atoms with Gasteiger partial charge in [0.1, 0.15) is 23.2 Å². The van der Waals surface area contributed by atoms with Crippen molar-refractivity contribution in [3.05, 3.63) is 57.8 Å². The molecule has 0 aliphatic carbocycles. The van der Waals surface area contributed by atoms with Gasteiger partial charge in [-0.05, 0) is 25.5 Å². The van der Waals surface area contributed by atoms with Crippen LogP contribution in [0, 0.1) is 21.4 Å². The van der Waals surface area contributed by atoms with Crippen LogP contribution >= 0.6 is 0 Å². The third-order valence-corrected chi connectivity index (χ3v) is 3.48. The van der Waals surface area contributed by atoms with E-state index in [0.717, 1.165) is 0 Å². The maximum Gasteiger partial charge on any atom is 0.349 e. The van der Waals surface area contributed by atoms with Crippen LogP contribution in [0.3, 0.4) is 0 Å². The fourth-order valence-corrected chi connectivity index (χ4v) is 1.97. The van der Waals surface area contributed by atoms with Crippen molar-refractivity contribution in [3.63, 3.8) is 0 Å². The van der Waals surface area contributed by atoms with E-state index in [1.165, 1.54) is 18.2 Å². The number of furan rings is 1. The van der Waals surface area contributed by atoms with Gasteiger partial charge in [-0.25, -0.2) is 4.79 Å². The van der Waals surface area contributed by atoms with E-state index in [4.69, 9.17) is 14.4 Å². The highest BCUT2D eigenvalue weighted by Crippen LogP contribution is 2.26. The predicted octanol–water partition coefficient (Wildman–Crippen LogP) is 4.10. The highest BCUT2D eigenvalue weighted by molar-refractivity contribution is 5.97. The molecule has 0 aliphatic heterocycles. The van der Waals surface area contributed by atoms with Gasteiger partial charge >= 0.3 is 5.97 Å². The maximum absolute atomic E-state index is 11.9. The summed E-state index contributed by atoms with van der Waals surface area (Å²) in [4.78, 5) is 22.3. The fraction of sp³-hybridized carbons (Fsp3) is 0.222. The van der Waals surface area contributed by atoms with Gasteiger partial charge in [-0.1, -0.05) is 19.1 Å². The number of rotatable bonds is 6. The second-order valence-corrected chi connectivity index (χ2v) is 5.30. The van der Waals surface area contributed by atoms with Crippen molar-refractivity contribution < 1.29 is 18.9 Å².